The summed E-state index contributed by atoms with van der Waals surface area (Å²) in [4.78, 5) is 13.0. The number of alkyl halides is 1. The highest BCUT2D eigenvalue weighted by atomic mass is 35.5. The quantitative estimate of drug-likeness (QED) is 0.645. The SMILES string of the molecule is CCC[C@H]1COC(=O)N1CCCCl. The first-order valence-corrected chi connectivity index (χ1v) is 5.32. The molecule has 13 heavy (non-hydrogen) atoms. The summed E-state index contributed by atoms with van der Waals surface area (Å²) in [5, 5.41) is 0. The molecule has 1 aliphatic heterocycles. The molecule has 0 aromatic heterocycles. The average Bonchev–Trinajstić information content (AvgIpc) is 2.45. The fourth-order valence-corrected chi connectivity index (χ4v) is 1.69. The van der Waals surface area contributed by atoms with Gasteiger partial charge in [0, 0.05) is 12.4 Å². The van der Waals surface area contributed by atoms with Crippen LogP contribution < -0.4 is 0 Å². The number of carbonyl (C=O) groups excluding carboxylic acids is 1. The average molecular weight is 206 g/mol. The van der Waals surface area contributed by atoms with E-state index in [0.717, 1.165) is 25.8 Å². The van der Waals surface area contributed by atoms with Gasteiger partial charge in [0.25, 0.3) is 0 Å². The van der Waals surface area contributed by atoms with Gasteiger partial charge < -0.3 is 9.64 Å². The maximum absolute atomic E-state index is 11.2. The highest BCUT2D eigenvalue weighted by Crippen LogP contribution is 2.16. The van der Waals surface area contributed by atoms with Gasteiger partial charge in [-0.2, -0.15) is 0 Å². The number of rotatable bonds is 5. The molecule has 1 heterocycles. The van der Waals surface area contributed by atoms with Crippen molar-refractivity contribution in [2.24, 2.45) is 0 Å². The van der Waals surface area contributed by atoms with Gasteiger partial charge >= 0.3 is 6.09 Å². The zero-order valence-electron chi connectivity index (χ0n) is 7.96. The largest absolute Gasteiger partial charge is 0.447 e. The maximum Gasteiger partial charge on any atom is 0.410 e. The second-order valence-corrected chi connectivity index (χ2v) is 3.63. The molecule has 0 aromatic carbocycles. The van der Waals surface area contributed by atoms with Crippen LogP contribution >= 0.6 is 11.6 Å². The molecule has 0 spiro atoms. The predicted octanol–water partition coefficient (Wildman–Crippen LogP) is 2.24. The van der Waals surface area contributed by atoms with Crippen molar-refractivity contribution in [3.63, 3.8) is 0 Å². The third kappa shape index (κ3) is 2.76. The van der Waals surface area contributed by atoms with Crippen molar-refractivity contribution in [2.75, 3.05) is 19.0 Å². The molecule has 4 heteroatoms. The Hall–Kier alpha value is -0.440. The van der Waals surface area contributed by atoms with E-state index in [1.54, 1.807) is 4.90 Å². The number of nitrogens with zero attached hydrogens (tertiary/aromatic N) is 1. The van der Waals surface area contributed by atoms with Crippen molar-refractivity contribution >= 4 is 17.7 Å². The van der Waals surface area contributed by atoms with Crippen LogP contribution in [0.2, 0.25) is 0 Å². The van der Waals surface area contributed by atoms with Crippen LogP contribution in [0.3, 0.4) is 0 Å². The van der Waals surface area contributed by atoms with Crippen molar-refractivity contribution in [3.8, 4) is 0 Å². The van der Waals surface area contributed by atoms with Crippen molar-refractivity contribution < 1.29 is 9.53 Å². The van der Waals surface area contributed by atoms with Crippen LogP contribution in [0.4, 0.5) is 4.79 Å². The van der Waals surface area contributed by atoms with E-state index >= 15 is 0 Å². The van der Waals surface area contributed by atoms with Gasteiger partial charge in [-0.3, -0.25) is 0 Å². The van der Waals surface area contributed by atoms with Crippen molar-refractivity contribution in [1.82, 2.24) is 4.90 Å². The lowest BCUT2D eigenvalue weighted by Gasteiger charge is -2.19. The summed E-state index contributed by atoms with van der Waals surface area (Å²) < 4.78 is 4.97. The molecule has 1 saturated heterocycles. The third-order valence-electron chi connectivity index (χ3n) is 2.23. The Morgan fingerprint density at radius 1 is 1.69 bits per heavy atom. The van der Waals surface area contributed by atoms with Gasteiger partial charge in [0.05, 0.1) is 6.04 Å². The molecule has 1 atom stereocenters. The summed E-state index contributed by atoms with van der Waals surface area (Å²) in [6.45, 7) is 3.39. The Balaban J connectivity index is 2.40. The fraction of sp³-hybridized carbons (Fsp3) is 0.889. The molecular formula is C9H16ClNO2. The molecule has 0 saturated carbocycles. The topological polar surface area (TPSA) is 29.5 Å². The minimum atomic E-state index is -0.177. The number of ether oxygens (including phenoxy) is 1. The molecule has 0 bridgehead atoms. The zero-order valence-corrected chi connectivity index (χ0v) is 8.72. The molecule has 76 valence electrons. The van der Waals surface area contributed by atoms with Crippen LogP contribution in [0, 0.1) is 0 Å². The molecule has 0 N–H and O–H groups in total. The lowest BCUT2D eigenvalue weighted by molar-refractivity contribution is 0.157. The Labute approximate surface area is 84.0 Å². The van der Waals surface area contributed by atoms with E-state index in [1.807, 2.05) is 0 Å². The monoisotopic (exact) mass is 205 g/mol. The van der Waals surface area contributed by atoms with Gasteiger partial charge in [-0.05, 0) is 12.8 Å². The summed E-state index contributed by atoms with van der Waals surface area (Å²) in [7, 11) is 0. The number of hydrogen-bond acceptors (Lipinski definition) is 2. The van der Waals surface area contributed by atoms with Crippen LogP contribution in [0.15, 0.2) is 0 Å². The van der Waals surface area contributed by atoms with Crippen molar-refractivity contribution in [1.29, 1.82) is 0 Å². The van der Waals surface area contributed by atoms with E-state index in [4.69, 9.17) is 16.3 Å². The third-order valence-corrected chi connectivity index (χ3v) is 2.50. The Bertz CT molecular complexity index is 175. The van der Waals surface area contributed by atoms with E-state index in [1.165, 1.54) is 0 Å². The standard InChI is InChI=1S/C9H16ClNO2/c1-2-4-8-7-13-9(12)11(8)6-3-5-10/h8H,2-7H2,1H3/t8-/m0/s1. The van der Waals surface area contributed by atoms with Crippen LogP contribution in [0.1, 0.15) is 26.2 Å². The molecule has 1 aliphatic rings. The van der Waals surface area contributed by atoms with Crippen molar-refractivity contribution in [3.05, 3.63) is 0 Å². The van der Waals surface area contributed by atoms with Crippen LogP contribution in [0.25, 0.3) is 0 Å². The van der Waals surface area contributed by atoms with Crippen LogP contribution in [0.5, 0.6) is 0 Å². The number of halogens is 1. The first kappa shape index (κ1) is 10.6. The van der Waals surface area contributed by atoms with Crippen LogP contribution in [-0.4, -0.2) is 36.1 Å². The highest BCUT2D eigenvalue weighted by Gasteiger charge is 2.31. The fourth-order valence-electron chi connectivity index (χ4n) is 1.57. The molecule has 1 rings (SSSR count). The van der Waals surface area contributed by atoms with E-state index in [0.29, 0.717) is 12.5 Å². The Morgan fingerprint density at radius 2 is 2.46 bits per heavy atom. The lowest BCUT2D eigenvalue weighted by atomic mass is 10.1. The highest BCUT2D eigenvalue weighted by molar-refractivity contribution is 6.17. The predicted molar refractivity (Wildman–Crippen MR) is 52.1 cm³/mol. The summed E-state index contributed by atoms with van der Waals surface area (Å²) in [6, 6.07) is 0.278. The summed E-state index contributed by atoms with van der Waals surface area (Å²) in [5.74, 6) is 0.600. The number of carbonyl (C=O) groups is 1. The summed E-state index contributed by atoms with van der Waals surface area (Å²) in [6.07, 6.45) is 2.77. The normalized spacial score (nSPS) is 22.2. The van der Waals surface area contributed by atoms with Crippen molar-refractivity contribution in [2.45, 2.75) is 32.2 Å². The smallest absolute Gasteiger partial charge is 0.410 e. The summed E-state index contributed by atoms with van der Waals surface area (Å²) in [5.41, 5.74) is 0. The first-order valence-electron chi connectivity index (χ1n) is 4.79. The van der Waals surface area contributed by atoms with Gasteiger partial charge in [-0.15, -0.1) is 11.6 Å². The maximum atomic E-state index is 11.2. The number of cyclic esters (lactones) is 1. The van der Waals surface area contributed by atoms with E-state index in [2.05, 4.69) is 6.92 Å². The van der Waals surface area contributed by atoms with E-state index < -0.39 is 0 Å². The minimum Gasteiger partial charge on any atom is -0.447 e. The molecule has 1 fully saturated rings. The summed E-state index contributed by atoms with van der Waals surface area (Å²) >= 11 is 5.57. The number of hydrogen-bond donors (Lipinski definition) is 0. The Kier molecular flexibility index (Phi) is 4.36. The molecule has 0 radical (unpaired) electrons. The van der Waals surface area contributed by atoms with Gasteiger partial charge in [0.2, 0.25) is 0 Å². The van der Waals surface area contributed by atoms with E-state index in [9.17, 15) is 4.79 Å². The van der Waals surface area contributed by atoms with Gasteiger partial charge in [0.15, 0.2) is 0 Å². The molecule has 0 aliphatic carbocycles. The zero-order chi connectivity index (χ0) is 9.68. The number of amides is 1. The van der Waals surface area contributed by atoms with Gasteiger partial charge in [0.1, 0.15) is 6.61 Å². The molecule has 1 amide bonds. The molecule has 0 unspecified atom stereocenters. The van der Waals surface area contributed by atoms with Crippen LogP contribution in [-0.2, 0) is 4.74 Å². The Morgan fingerprint density at radius 3 is 3.08 bits per heavy atom. The molecule has 3 nitrogen and oxygen atoms in total. The second-order valence-electron chi connectivity index (χ2n) is 3.26. The minimum absolute atomic E-state index is 0.177. The second kappa shape index (κ2) is 5.32. The first-order chi connectivity index (χ1) is 6.29. The van der Waals surface area contributed by atoms with Gasteiger partial charge in [-0.1, -0.05) is 13.3 Å². The van der Waals surface area contributed by atoms with Gasteiger partial charge in [-0.25, -0.2) is 4.79 Å². The lowest BCUT2D eigenvalue weighted by Crippen LogP contribution is -2.34. The van der Waals surface area contributed by atoms with E-state index in [-0.39, 0.29) is 12.1 Å². The molecule has 0 aromatic rings. The molecular weight excluding hydrogens is 190 g/mol.